The summed E-state index contributed by atoms with van der Waals surface area (Å²) in [6.07, 6.45) is 0.882. The number of nitrogens with zero attached hydrogens (tertiary/aromatic N) is 1. The van der Waals surface area contributed by atoms with Crippen molar-refractivity contribution in [3.63, 3.8) is 0 Å². The van der Waals surface area contributed by atoms with Crippen LogP contribution in [0.4, 0.5) is 0 Å². The quantitative estimate of drug-likeness (QED) is 0.752. The maximum Gasteiger partial charge on any atom is 0.239 e. The van der Waals surface area contributed by atoms with Crippen LogP contribution in [0.5, 0.6) is 0 Å². The highest BCUT2D eigenvalue weighted by atomic mass is 32.2. The van der Waals surface area contributed by atoms with Crippen LogP contribution in [0, 0.1) is 13.8 Å². The molecule has 1 rings (SSSR count). The zero-order valence-corrected chi connectivity index (χ0v) is 12.9. The Kier molecular flexibility index (Phi) is 7.14. The summed E-state index contributed by atoms with van der Waals surface area (Å²) in [5.41, 5.74) is 1.89. The first kappa shape index (κ1) is 16.6. The standard InChI is InChI=1S/C13H21N3O3S/c1-4-5-14-12(17)6-15-13(18)8-20-7-11-9(2)16-19-10(11)3/h4-8H2,1-3H3,(H,14,17)(H,15,18). The second-order valence-corrected chi connectivity index (χ2v) is 5.41. The Morgan fingerprint density at radius 2 is 2.00 bits per heavy atom. The molecule has 0 aliphatic carbocycles. The van der Waals surface area contributed by atoms with E-state index in [1.54, 1.807) is 0 Å². The lowest BCUT2D eigenvalue weighted by Gasteiger charge is -2.06. The molecule has 0 radical (unpaired) electrons. The van der Waals surface area contributed by atoms with Crippen LogP contribution in [-0.2, 0) is 15.3 Å². The molecule has 0 aromatic carbocycles. The molecule has 0 bridgehead atoms. The van der Waals surface area contributed by atoms with Gasteiger partial charge in [-0.2, -0.15) is 0 Å². The summed E-state index contributed by atoms with van der Waals surface area (Å²) in [7, 11) is 0. The van der Waals surface area contributed by atoms with E-state index < -0.39 is 0 Å². The lowest BCUT2D eigenvalue weighted by atomic mass is 10.2. The Balaban J connectivity index is 2.19. The minimum absolute atomic E-state index is 0.0325. The monoisotopic (exact) mass is 299 g/mol. The molecular formula is C13H21N3O3S. The summed E-state index contributed by atoms with van der Waals surface area (Å²) in [6.45, 7) is 6.38. The van der Waals surface area contributed by atoms with Gasteiger partial charge in [-0.25, -0.2) is 0 Å². The molecule has 0 aliphatic heterocycles. The molecule has 2 N–H and O–H groups in total. The Morgan fingerprint density at radius 1 is 1.25 bits per heavy atom. The number of hydrogen-bond acceptors (Lipinski definition) is 5. The van der Waals surface area contributed by atoms with Gasteiger partial charge >= 0.3 is 0 Å². The number of hydrogen-bond donors (Lipinski definition) is 2. The summed E-state index contributed by atoms with van der Waals surface area (Å²) in [4.78, 5) is 22.9. The van der Waals surface area contributed by atoms with E-state index in [-0.39, 0.29) is 18.4 Å². The molecule has 0 saturated carbocycles. The van der Waals surface area contributed by atoms with Gasteiger partial charge in [-0.3, -0.25) is 9.59 Å². The number of aryl methyl sites for hydroxylation is 2. The van der Waals surface area contributed by atoms with Gasteiger partial charge in [0.05, 0.1) is 18.0 Å². The van der Waals surface area contributed by atoms with E-state index in [0.29, 0.717) is 18.1 Å². The highest BCUT2D eigenvalue weighted by Gasteiger charge is 2.10. The highest BCUT2D eigenvalue weighted by molar-refractivity contribution is 7.99. The number of amides is 2. The third-order valence-electron chi connectivity index (χ3n) is 2.68. The molecule has 0 spiro atoms. The van der Waals surface area contributed by atoms with E-state index >= 15 is 0 Å². The number of carbonyl (C=O) groups is 2. The molecule has 1 aromatic heterocycles. The van der Waals surface area contributed by atoms with Crippen LogP contribution in [0.3, 0.4) is 0 Å². The van der Waals surface area contributed by atoms with Crippen molar-refractivity contribution in [2.75, 3.05) is 18.8 Å². The van der Waals surface area contributed by atoms with E-state index in [9.17, 15) is 9.59 Å². The molecular weight excluding hydrogens is 278 g/mol. The summed E-state index contributed by atoms with van der Waals surface area (Å²) < 4.78 is 5.05. The first-order valence-electron chi connectivity index (χ1n) is 6.57. The van der Waals surface area contributed by atoms with Gasteiger partial charge in [0.1, 0.15) is 5.76 Å². The fourth-order valence-electron chi connectivity index (χ4n) is 1.51. The van der Waals surface area contributed by atoms with Crippen molar-refractivity contribution in [3.8, 4) is 0 Å². The average molecular weight is 299 g/mol. The molecule has 1 heterocycles. The summed E-state index contributed by atoms with van der Waals surface area (Å²) in [5, 5.41) is 9.15. The fraction of sp³-hybridized carbons (Fsp3) is 0.615. The van der Waals surface area contributed by atoms with Crippen LogP contribution in [-0.4, -0.2) is 35.8 Å². The number of carbonyl (C=O) groups excluding carboxylic acids is 2. The van der Waals surface area contributed by atoms with Crippen LogP contribution in [0.25, 0.3) is 0 Å². The van der Waals surface area contributed by atoms with Crippen molar-refractivity contribution in [2.45, 2.75) is 32.9 Å². The van der Waals surface area contributed by atoms with Crippen molar-refractivity contribution < 1.29 is 14.1 Å². The van der Waals surface area contributed by atoms with Gasteiger partial charge in [0.2, 0.25) is 11.8 Å². The molecule has 20 heavy (non-hydrogen) atoms. The van der Waals surface area contributed by atoms with Crippen molar-refractivity contribution in [1.82, 2.24) is 15.8 Å². The minimum atomic E-state index is -0.157. The van der Waals surface area contributed by atoms with Crippen LogP contribution >= 0.6 is 11.8 Å². The normalized spacial score (nSPS) is 10.3. The Labute approximate surface area is 123 Å². The molecule has 0 saturated heterocycles. The zero-order chi connectivity index (χ0) is 15.0. The lowest BCUT2D eigenvalue weighted by molar-refractivity contribution is -0.124. The average Bonchev–Trinajstić information content (AvgIpc) is 2.74. The smallest absolute Gasteiger partial charge is 0.239 e. The van der Waals surface area contributed by atoms with Crippen molar-refractivity contribution >= 4 is 23.6 Å². The highest BCUT2D eigenvalue weighted by Crippen LogP contribution is 2.18. The molecule has 0 unspecified atom stereocenters. The van der Waals surface area contributed by atoms with Gasteiger partial charge in [-0.15, -0.1) is 11.8 Å². The number of rotatable bonds is 8. The third kappa shape index (κ3) is 5.64. The first-order chi connectivity index (χ1) is 9.54. The topological polar surface area (TPSA) is 84.2 Å². The molecule has 2 amide bonds. The van der Waals surface area contributed by atoms with Gasteiger partial charge < -0.3 is 15.2 Å². The Morgan fingerprint density at radius 3 is 2.60 bits per heavy atom. The second kappa shape index (κ2) is 8.63. The number of aromatic nitrogens is 1. The zero-order valence-electron chi connectivity index (χ0n) is 12.1. The molecule has 7 heteroatoms. The predicted molar refractivity (Wildman–Crippen MR) is 78.4 cm³/mol. The molecule has 0 atom stereocenters. The van der Waals surface area contributed by atoms with Crippen molar-refractivity contribution in [2.24, 2.45) is 0 Å². The Hall–Kier alpha value is -1.50. The molecule has 0 aliphatic rings. The van der Waals surface area contributed by atoms with Gasteiger partial charge in [0.15, 0.2) is 0 Å². The van der Waals surface area contributed by atoms with Crippen LogP contribution in [0.15, 0.2) is 4.52 Å². The summed E-state index contributed by atoms with van der Waals surface area (Å²) in [6, 6.07) is 0. The molecule has 112 valence electrons. The summed E-state index contributed by atoms with van der Waals surface area (Å²) >= 11 is 1.47. The van der Waals surface area contributed by atoms with Gasteiger partial charge in [-0.1, -0.05) is 12.1 Å². The first-order valence-corrected chi connectivity index (χ1v) is 7.73. The third-order valence-corrected chi connectivity index (χ3v) is 3.64. The second-order valence-electron chi connectivity index (χ2n) is 4.42. The van der Waals surface area contributed by atoms with E-state index in [2.05, 4.69) is 15.8 Å². The largest absolute Gasteiger partial charge is 0.361 e. The minimum Gasteiger partial charge on any atom is -0.361 e. The SMILES string of the molecule is CCCNC(=O)CNC(=O)CSCc1c(C)noc1C. The fourth-order valence-corrected chi connectivity index (χ4v) is 2.52. The van der Waals surface area contributed by atoms with Gasteiger partial charge in [0.25, 0.3) is 0 Å². The van der Waals surface area contributed by atoms with E-state index in [1.807, 2.05) is 20.8 Å². The Bertz CT molecular complexity index is 440. The molecule has 1 aromatic rings. The van der Waals surface area contributed by atoms with Crippen molar-refractivity contribution in [3.05, 3.63) is 17.0 Å². The van der Waals surface area contributed by atoms with Gasteiger partial charge in [0, 0.05) is 17.9 Å². The van der Waals surface area contributed by atoms with Crippen LogP contribution in [0.2, 0.25) is 0 Å². The van der Waals surface area contributed by atoms with E-state index in [0.717, 1.165) is 23.4 Å². The number of nitrogens with one attached hydrogen (secondary N) is 2. The summed E-state index contributed by atoms with van der Waals surface area (Å²) in [5.74, 6) is 1.47. The molecule has 6 nitrogen and oxygen atoms in total. The lowest BCUT2D eigenvalue weighted by Crippen LogP contribution is -2.37. The van der Waals surface area contributed by atoms with E-state index in [1.165, 1.54) is 11.8 Å². The van der Waals surface area contributed by atoms with Crippen molar-refractivity contribution in [1.29, 1.82) is 0 Å². The van der Waals surface area contributed by atoms with Gasteiger partial charge in [-0.05, 0) is 20.3 Å². The number of thioether (sulfide) groups is 1. The van der Waals surface area contributed by atoms with E-state index in [4.69, 9.17) is 4.52 Å². The maximum absolute atomic E-state index is 11.6. The van der Waals surface area contributed by atoms with Crippen LogP contribution < -0.4 is 10.6 Å². The molecule has 0 fully saturated rings. The van der Waals surface area contributed by atoms with Crippen LogP contribution in [0.1, 0.15) is 30.4 Å². The maximum atomic E-state index is 11.6. The predicted octanol–water partition coefficient (Wildman–Crippen LogP) is 1.17.